The lowest BCUT2D eigenvalue weighted by Crippen LogP contribution is -2.54. The van der Waals surface area contributed by atoms with E-state index in [0.717, 1.165) is 12.1 Å². The van der Waals surface area contributed by atoms with Crippen LogP contribution in [0.1, 0.15) is 26.3 Å². The van der Waals surface area contributed by atoms with Gasteiger partial charge in [0.2, 0.25) is 10.0 Å². The van der Waals surface area contributed by atoms with E-state index >= 15 is 0 Å². The minimum Gasteiger partial charge on any atom is -0.305 e. The molecule has 0 fully saturated rings. The summed E-state index contributed by atoms with van der Waals surface area (Å²) in [6, 6.07) is 7.18. The number of hydrogen-bond acceptors (Lipinski definition) is 3. The highest BCUT2D eigenvalue weighted by Gasteiger charge is 2.39. The standard InChI is InChI=1S/C15H28N2O2SSi/c1-15(2,3)21(6,7)16-20(18,19)14-10-8-9-13(11-14)12-17(4)5/h8-11,16H,12H2,1-7H3. The average Bonchev–Trinajstić information content (AvgIpc) is 2.25. The highest BCUT2D eigenvalue weighted by molar-refractivity contribution is 7.91. The minimum absolute atomic E-state index is 0.0404. The van der Waals surface area contributed by atoms with Crippen molar-refractivity contribution < 1.29 is 8.42 Å². The van der Waals surface area contributed by atoms with E-state index in [-0.39, 0.29) is 5.04 Å². The van der Waals surface area contributed by atoms with Crippen LogP contribution in [0, 0.1) is 0 Å². The van der Waals surface area contributed by atoms with Crippen LogP contribution in [0.15, 0.2) is 29.2 Å². The van der Waals surface area contributed by atoms with Gasteiger partial charge in [0, 0.05) is 6.54 Å². The largest absolute Gasteiger partial charge is 0.305 e. The zero-order valence-corrected chi connectivity index (χ0v) is 16.0. The smallest absolute Gasteiger partial charge is 0.234 e. The Morgan fingerprint density at radius 1 is 1.19 bits per heavy atom. The zero-order chi connectivity index (χ0) is 16.5. The number of benzene rings is 1. The highest BCUT2D eigenvalue weighted by Crippen LogP contribution is 2.34. The highest BCUT2D eigenvalue weighted by atomic mass is 32.2. The van der Waals surface area contributed by atoms with E-state index in [1.165, 1.54) is 0 Å². The van der Waals surface area contributed by atoms with Gasteiger partial charge in [-0.25, -0.2) is 12.8 Å². The third-order valence-corrected chi connectivity index (χ3v) is 11.7. The molecule has 0 aliphatic carbocycles. The predicted molar refractivity (Wildman–Crippen MR) is 91.4 cm³/mol. The lowest BCUT2D eigenvalue weighted by atomic mass is 10.2. The van der Waals surface area contributed by atoms with Gasteiger partial charge in [0.05, 0.1) is 4.90 Å². The molecule has 21 heavy (non-hydrogen) atoms. The topological polar surface area (TPSA) is 49.4 Å². The van der Waals surface area contributed by atoms with Gasteiger partial charge in [-0.3, -0.25) is 0 Å². The third-order valence-electron chi connectivity index (χ3n) is 3.97. The molecule has 0 amide bonds. The molecule has 6 heteroatoms. The van der Waals surface area contributed by atoms with Gasteiger partial charge in [0.25, 0.3) is 0 Å². The maximum Gasteiger partial charge on any atom is 0.234 e. The van der Waals surface area contributed by atoms with Gasteiger partial charge in [-0.1, -0.05) is 46.0 Å². The average molecular weight is 329 g/mol. The van der Waals surface area contributed by atoms with E-state index in [1.54, 1.807) is 18.2 Å². The van der Waals surface area contributed by atoms with Crippen molar-refractivity contribution in [1.82, 2.24) is 9.29 Å². The molecule has 0 aromatic heterocycles. The number of rotatable bonds is 5. The summed E-state index contributed by atoms with van der Waals surface area (Å²) in [6.07, 6.45) is 0. The van der Waals surface area contributed by atoms with Crippen LogP contribution in [0.5, 0.6) is 0 Å². The molecule has 0 unspecified atom stereocenters. The Bertz CT molecular complexity index is 590. The van der Waals surface area contributed by atoms with E-state index in [4.69, 9.17) is 0 Å². The van der Waals surface area contributed by atoms with Crippen LogP contribution in [-0.2, 0) is 16.6 Å². The number of hydrogen-bond donors (Lipinski definition) is 1. The van der Waals surface area contributed by atoms with E-state index in [9.17, 15) is 8.42 Å². The summed E-state index contributed by atoms with van der Waals surface area (Å²) in [5.74, 6) is 0. The second-order valence-electron chi connectivity index (χ2n) is 7.37. The summed E-state index contributed by atoms with van der Waals surface area (Å²) in [4.78, 5) is 2.37. The molecule has 0 saturated carbocycles. The van der Waals surface area contributed by atoms with Crippen LogP contribution in [0.2, 0.25) is 18.1 Å². The fourth-order valence-electron chi connectivity index (χ4n) is 1.72. The second-order valence-corrected chi connectivity index (χ2v) is 14.4. The molecule has 0 spiro atoms. The second kappa shape index (κ2) is 6.20. The Morgan fingerprint density at radius 2 is 1.76 bits per heavy atom. The molecule has 0 radical (unpaired) electrons. The molecule has 4 nitrogen and oxygen atoms in total. The molecule has 1 aromatic carbocycles. The maximum absolute atomic E-state index is 12.6. The molecule has 0 atom stereocenters. The van der Waals surface area contributed by atoms with Crippen molar-refractivity contribution in [2.45, 2.75) is 50.3 Å². The van der Waals surface area contributed by atoms with Crippen LogP contribution >= 0.6 is 0 Å². The van der Waals surface area contributed by atoms with E-state index in [2.05, 4.69) is 25.2 Å². The molecule has 0 aliphatic heterocycles. The first-order valence-corrected chi connectivity index (χ1v) is 11.6. The summed E-state index contributed by atoms with van der Waals surface area (Å²) < 4.78 is 28.3. The van der Waals surface area contributed by atoms with Gasteiger partial charge in [-0.05, 0) is 36.8 Å². The van der Waals surface area contributed by atoms with Gasteiger partial charge in [0.1, 0.15) is 8.24 Å². The Hall–Kier alpha value is -0.693. The fraction of sp³-hybridized carbons (Fsp3) is 0.600. The van der Waals surface area contributed by atoms with Crippen LogP contribution in [-0.4, -0.2) is 35.6 Å². The molecule has 0 bridgehead atoms. The van der Waals surface area contributed by atoms with Gasteiger partial charge >= 0.3 is 0 Å². The van der Waals surface area contributed by atoms with Gasteiger partial charge in [-0.15, -0.1) is 0 Å². The monoisotopic (exact) mass is 328 g/mol. The summed E-state index contributed by atoms with van der Waals surface area (Å²) >= 11 is 0. The van der Waals surface area contributed by atoms with Gasteiger partial charge < -0.3 is 4.90 Å². The van der Waals surface area contributed by atoms with E-state index in [1.807, 2.05) is 38.2 Å². The molecular weight excluding hydrogens is 300 g/mol. The normalized spacial score (nSPS) is 13.7. The third kappa shape index (κ3) is 4.91. The molecule has 1 N–H and O–H groups in total. The van der Waals surface area contributed by atoms with Crippen molar-refractivity contribution in [3.63, 3.8) is 0 Å². The molecule has 120 valence electrons. The quantitative estimate of drug-likeness (QED) is 0.845. The molecule has 0 heterocycles. The maximum atomic E-state index is 12.6. The van der Waals surface area contributed by atoms with Crippen molar-refractivity contribution in [1.29, 1.82) is 0 Å². The Morgan fingerprint density at radius 3 is 2.24 bits per heavy atom. The van der Waals surface area contributed by atoms with Crippen molar-refractivity contribution in [2.75, 3.05) is 14.1 Å². The van der Waals surface area contributed by atoms with Crippen molar-refractivity contribution in [3.05, 3.63) is 29.8 Å². The van der Waals surface area contributed by atoms with Crippen LogP contribution in [0.25, 0.3) is 0 Å². The SMILES string of the molecule is CN(C)Cc1cccc(S(=O)(=O)N[Si](C)(C)C(C)(C)C)c1. The molecule has 1 rings (SSSR count). The number of nitrogens with zero attached hydrogens (tertiary/aromatic N) is 1. The zero-order valence-electron chi connectivity index (χ0n) is 14.2. The molecule has 1 aromatic rings. The molecule has 0 aliphatic rings. The Balaban J connectivity index is 3.09. The van der Waals surface area contributed by atoms with Gasteiger partial charge in [0.15, 0.2) is 0 Å². The van der Waals surface area contributed by atoms with E-state index in [0.29, 0.717) is 4.90 Å². The first-order chi connectivity index (χ1) is 9.35. The van der Waals surface area contributed by atoms with Crippen LogP contribution in [0.4, 0.5) is 0 Å². The first kappa shape index (κ1) is 18.4. The van der Waals surface area contributed by atoms with Crippen molar-refractivity contribution in [2.24, 2.45) is 0 Å². The summed E-state index contributed by atoms with van der Waals surface area (Å²) in [5.41, 5.74) is 0.998. The van der Waals surface area contributed by atoms with Gasteiger partial charge in [-0.2, -0.15) is 0 Å². The minimum atomic E-state index is -3.47. The Labute approximate surface area is 130 Å². The fourth-order valence-corrected chi connectivity index (χ4v) is 6.67. The van der Waals surface area contributed by atoms with Crippen molar-refractivity contribution >= 4 is 18.3 Å². The summed E-state index contributed by atoms with van der Waals surface area (Å²) in [7, 11) is -1.65. The Kier molecular flexibility index (Phi) is 5.42. The predicted octanol–water partition coefficient (Wildman–Crippen LogP) is 3.03. The number of sulfonamides is 1. The summed E-state index contributed by atoms with van der Waals surface area (Å²) in [5, 5.41) is -0.0404. The summed E-state index contributed by atoms with van der Waals surface area (Å²) in [6.45, 7) is 11.1. The first-order valence-electron chi connectivity index (χ1n) is 7.13. The van der Waals surface area contributed by atoms with Crippen LogP contribution < -0.4 is 4.39 Å². The molecular formula is C15H28N2O2SSi. The van der Waals surface area contributed by atoms with Crippen molar-refractivity contribution in [3.8, 4) is 0 Å². The molecule has 0 saturated heterocycles. The number of nitrogens with one attached hydrogen (secondary N) is 1. The lowest BCUT2D eigenvalue weighted by Gasteiger charge is -2.36. The van der Waals surface area contributed by atoms with E-state index < -0.39 is 18.3 Å². The lowest BCUT2D eigenvalue weighted by molar-refractivity contribution is 0.402. The van der Waals surface area contributed by atoms with Crippen LogP contribution in [0.3, 0.4) is 0 Å².